The zero-order chi connectivity index (χ0) is 15.8. The van der Waals surface area contributed by atoms with Gasteiger partial charge in [-0.2, -0.15) is 0 Å². The molecule has 0 aliphatic rings. The number of rotatable bonds is 5. The number of anilines is 1. The van der Waals surface area contributed by atoms with E-state index < -0.39 is 0 Å². The SMILES string of the molecule is CCOC(=O)c1ccc(NC(=S)NCc2cccnc2)cc1. The third-order valence-electron chi connectivity index (χ3n) is 2.83. The van der Waals surface area contributed by atoms with Gasteiger partial charge < -0.3 is 15.4 Å². The molecule has 0 aliphatic carbocycles. The van der Waals surface area contributed by atoms with Crippen LogP contribution in [0.4, 0.5) is 5.69 Å². The Morgan fingerprint density at radius 3 is 2.68 bits per heavy atom. The minimum Gasteiger partial charge on any atom is -0.462 e. The second kappa shape index (κ2) is 8.09. The number of hydrogen-bond acceptors (Lipinski definition) is 4. The number of carbonyl (C=O) groups is 1. The van der Waals surface area contributed by atoms with Gasteiger partial charge in [-0.15, -0.1) is 0 Å². The number of hydrogen-bond donors (Lipinski definition) is 2. The molecule has 6 heteroatoms. The van der Waals surface area contributed by atoms with Crippen LogP contribution in [0, 0.1) is 0 Å². The molecular weight excluding hydrogens is 298 g/mol. The van der Waals surface area contributed by atoms with Gasteiger partial charge >= 0.3 is 5.97 Å². The summed E-state index contributed by atoms with van der Waals surface area (Å²) in [7, 11) is 0. The van der Waals surface area contributed by atoms with Crippen LogP contribution in [0.5, 0.6) is 0 Å². The first-order valence-corrected chi connectivity index (χ1v) is 7.31. The number of esters is 1. The van der Waals surface area contributed by atoms with Crippen LogP contribution in [0.25, 0.3) is 0 Å². The zero-order valence-electron chi connectivity index (χ0n) is 12.2. The number of ether oxygens (including phenoxy) is 1. The molecule has 0 saturated heterocycles. The smallest absolute Gasteiger partial charge is 0.338 e. The Labute approximate surface area is 134 Å². The summed E-state index contributed by atoms with van der Waals surface area (Å²) in [4.78, 5) is 15.6. The molecule has 0 spiro atoms. The van der Waals surface area contributed by atoms with Crippen molar-refractivity contribution in [3.63, 3.8) is 0 Å². The van der Waals surface area contributed by atoms with Gasteiger partial charge in [-0.25, -0.2) is 4.79 Å². The standard InChI is InChI=1S/C16H17N3O2S/c1-2-21-15(20)13-5-7-14(8-6-13)19-16(22)18-11-12-4-3-9-17-10-12/h3-10H,2,11H2,1H3,(H2,18,19,22). The summed E-state index contributed by atoms with van der Waals surface area (Å²) in [6, 6.07) is 10.8. The Kier molecular flexibility index (Phi) is 5.85. The van der Waals surface area contributed by atoms with Crippen molar-refractivity contribution >= 4 is 29.0 Å². The Morgan fingerprint density at radius 2 is 2.05 bits per heavy atom. The maximum Gasteiger partial charge on any atom is 0.338 e. The van der Waals surface area contributed by atoms with E-state index in [1.165, 1.54) is 0 Å². The normalized spacial score (nSPS) is 9.86. The van der Waals surface area contributed by atoms with Crippen molar-refractivity contribution in [2.75, 3.05) is 11.9 Å². The molecule has 2 N–H and O–H groups in total. The molecule has 1 aromatic heterocycles. The van der Waals surface area contributed by atoms with E-state index in [2.05, 4.69) is 15.6 Å². The van der Waals surface area contributed by atoms with Gasteiger partial charge in [0.1, 0.15) is 0 Å². The predicted molar refractivity (Wildman–Crippen MR) is 89.7 cm³/mol. The van der Waals surface area contributed by atoms with Crippen molar-refractivity contribution in [3.8, 4) is 0 Å². The molecule has 0 radical (unpaired) electrons. The molecule has 1 heterocycles. The van der Waals surface area contributed by atoms with Gasteiger partial charge in [0, 0.05) is 24.6 Å². The molecule has 0 bridgehead atoms. The maximum atomic E-state index is 11.6. The van der Waals surface area contributed by atoms with Crippen molar-refractivity contribution < 1.29 is 9.53 Å². The van der Waals surface area contributed by atoms with Gasteiger partial charge in [-0.05, 0) is 55.0 Å². The minimum absolute atomic E-state index is 0.327. The number of carbonyl (C=O) groups excluding carboxylic acids is 1. The number of benzene rings is 1. The highest BCUT2D eigenvalue weighted by Crippen LogP contribution is 2.10. The molecule has 0 fully saturated rings. The molecule has 2 aromatic rings. The zero-order valence-corrected chi connectivity index (χ0v) is 13.0. The van der Waals surface area contributed by atoms with Crippen LogP contribution in [-0.4, -0.2) is 22.7 Å². The lowest BCUT2D eigenvalue weighted by molar-refractivity contribution is 0.0526. The minimum atomic E-state index is -0.327. The molecular formula is C16H17N3O2S. The molecule has 0 saturated carbocycles. The highest BCUT2D eigenvalue weighted by atomic mass is 32.1. The lowest BCUT2D eigenvalue weighted by Crippen LogP contribution is -2.27. The van der Waals surface area contributed by atoms with Gasteiger partial charge in [0.05, 0.1) is 12.2 Å². The molecule has 5 nitrogen and oxygen atoms in total. The summed E-state index contributed by atoms with van der Waals surface area (Å²) in [6.07, 6.45) is 3.51. The van der Waals surface area contributed by atoms with Crippen LogP contribution in [0.15, 0.2) is 48.8 Å². The molecule has 22 heavy (non-hydrogen) atoms. The quantitative estimate of drug-likeness (QED) is 0.653. The first-order chi connectivity index (χ1) is 10.7. The first kappa shape index (κ1) is 15.9. The van der Waals surface area contributed by atoms with Crippen LogP contribution in [0.2, 0.25) is 0 Å². The van der Waals surface area contributed by atoms with E-state index in [0.717, 1.165) is 11.3 Å². The Bertz CT molecular complexity index is 630. The molecule has 0 amide bonds. The summed E-state index contributed by atoms with van der Waals surface area (Å²) < 4.78 is 4.93. The van der Waals surface area contributed by atoms with Crippen molar-refractivity contribution in [3.05, 3.63) is 59.9 Å². The van der Waals surface area contributed by atoms with Gasteiger partial charge in [-0.1, -0.05) is 6.07 Å². The van der Waals surface area contributed by atoms with Crippen molar-refractivity contribution in [2.24, 2.45) is 0 Å². The fourth-order valence-corrected chi connectivity index (χ4v) is 1.95. The molecule has 0 atom stereocenters. The van der Waals surface area contributed by atoms with Crippen LogP contribution >= 0.6 is 12.2 Å². The van der Waals surface area contributed by atoms with Crippen molar-refractivity contribution in [2.45, 2.75) is 13.5 Å². The van der Waals surface area contributed by atoms with Crippen LogP contribution in [0.1, 0.15) is 22.8 Å². The highest BCUT2D eigenvalue weighted by molar-refractivity contribution is 7.80. The predicted octanol–water partition coefficient (Wildman–Crippen LogP) is 2.74. The first-order valence-electron chi connectivity index (χ1n) is 6.90. The van der Waals surface area contributed by atoms with E-state index in [-0.39, 0.29) is 5.97 Å². The summed E-state index contributed by atoms with van der Waals surface area (Å²) in [5.74, 6) is -0.327. The van der Waals surface area contributed by atoms with Crippen molar-refractivity contribution in [1.82, 2.24) is 10.3 Å². The summed E-state index contributed by atoms with van der Waals surface area (Å²) in [6.45, 7) is 2.74. The molecule has 114 valence electrons. The number of pyridine rings is 1. The van der Waals surface area contributed by atoms with E-state index in [0.29, 0.717) is 23.8 Å². The number of nitrogens with one attached hydrogen (secondary N) is 2. The third-order valence-corrected chi connectivity index (χ3v) is 3.08. The lowest BCUT2D eigenvalue weighted by atomic mass is 10.2. The molecule has 1 aromatic carbocycles. The molecule has 0 unspecified atom stereocenters. The molecule has 2 rings (SSSR count). The summed E-state index contributed by atoms with van der Waals surface area (Å²) >= 11 is 5.23. The average molecular weight is 315 g/mol. The van der Waals surface area contributed by atoms with Gasteiger partial charge in [-0.3, -0.25) is 4.98 Å². The Hall–Kier alpha value is -2.47. The van der Waals surface area contributed by atoms with E-state index in [1.54, 1.807) is 43.6 Å². The van der Waals surface area contributed by atoms with E-state index in [4.69, 9.17) is 17.0 Å². The summed E-state index contributed by atoms with van der Waals surface area (Å²) in [5, 5.41) is 6.66. The topological polar surface area (TPSA) is 63.2 Å². The van der Waals surface area contributed by atoms with Gasteiger partial charge in [0.25, 0.3) is 0 Å². The van der Waals surface area contributed by atoms with E-state index in [1.807, 2.05) is 12.1 Å². The second-order valence-electron chi connectivity index (χ2n) is 4.47. The lowest BCUT2D eigenvalue weighted by Gasteiger charge is -2.10. The maximum absolute atomic E-state index is 11.6. The summed E-state index contributed by atoms with van der Waals surface area (Å²) in [5.41, 5.74) is 2.36. The number of aromatic nitrogens is 1. The van der Waals surface area contributed by atoms with Crippen LogP contribution < -0.4 is 10.6 Å². The van der Waals surface area contributed by atoms with E-state index >= 15 is 0 Å². The van der Waals surface area contributed by atoms with E-state index in [9.17, 15) is 4.79 Å². The Balaban J connectivity index is 1.85. The Morgan fingerprint density at radius 1 is 1.27 bits per heavy atom. The average Bonchev–Trinajstić information content (AvgIpc) is 2.55. The van der Waals surface area contributed by atoms with Crippen LogP contribution in [-0.2, 0) is 11.3 Å². The van der Waals surface area contributed by atoms with Crippen molar-refractivity contribution in [1.29, 1.82) is 0 Å². The van der Waals surface area contributed by atoms with Gasteiger partial charge in [0.2, 0.25) is 0 Å². The monoisotopic (exact) mass is 315 g/mol. The third kappa shape index (κ3) is 4.82. The molecule has 0 aliphatic heterocycles. The fourth-order valence-electron chi connectivity index (χ4n) is 1.76. The number of nitrogens with zero attached hydrogens (tertiary/aromatic N) is 1. The van der Waals surface area contributed by atoms with Gasteiger partial charge in [0.15, 0.2) is 5.11 Å². The fraction of sp³-hybridized carbons (Fsp3) is 0.188. The largest absolute Gasteiger partial charge is 0.462 e. The highest BCUT2D eigenvalue weighted by Gasteiger charge is 2.06. The van der Waals surface area contributed by atoms with Crippen LogP contribution in [0.3, 0.4) is 0 Å². The number of thiocarbonyl (C=S) groups is 1. The second-order valence-corrected chi connectivity index (χ2v) is 4.88.